The number of hydrogen-bond acceptors (Lipinski definition) is 3. The number of aryl methyl sites for hydroxylation is 1. The van der Waals surface area contributed by atoms with E-state index in [1.54, 1.807) is 11.8 Å². The Morgan fingerprint density at radius 2 is 2.13 bits per heavy atom. The second-order valence-electron chi connectivity index (χ2n) is 3.49. The maximum atomic E-state index is 11.6. The molecule has 0 aliphatic carbocycles. The smallest absolute Gasteiger partial charge is 0.254 e. The van der Waals surface area contributed by atoms with Gasteiger partial charge in [-0.25, -0.2) is 4.98 Å². The molecular weight excluding hydrogens is 208 g/mol. The van der Waals surface area contributed by atoms with Crippen LogP contribution in [-0.2, 0) is 6.42 Å². The molecule has 0 aliphatic heterocycles. The number of thioether (sulfide) groups is 1. The van der Waals surface area contributed by atoms with E-state index in [9.17, 15) is 4.79 Å². The summed E-state index contributed by atoms with van der Waals surface area (Å²) in [6.45, 7) is 6.03. The Hall–Kier alpha value is -0.770. The molecule has 0 radical (unpaired) electrons. The fraction of sp³-hybridized carbons (Fsp3) is 0.636. The van der Waals surface area contributed by atoms with Gasteiger partial charge < -0.3 is 4.98 Å². The van der Waals surface area contributed by atoms with Gasteiger partial charge in [-0.15, -0.1) is 0 Å². The van der Waals surface area contributed by atoms with E-state index in [2.05, 4.69) is 16.9 Å². The van der Waals surface area contributed by atoms with Gasteiger partial charge in [0, 0.05) is 17.0 Å². The minimum Gasteiger partial charge on any atom is -0.301 e. The van der Waals surface area contributed by atoms with Crippen molar-refractivity contribution in [3.8, 4) is 0 Å². The molecule has 0 aliphatic rings. The molecule has 1 aromatic heterocycles. The average Bonchev–Trinajstić information content (AvgIpc) is 2.18. The Labute approximate surface area is 94.7 Å². The minimum absolute atomic E-state index is 0.0176. The molecule has 84 valence electrons. The van der Waals surface area contributed by atoms with E-state index in [-0.39, 0.29) is 5.56 Å². The Kier molecular flexibility index (Phi) is 4.88. The highest BCUT2D eigenvalue weighted by Crippen LogP contribution is 2.14. The van der Waals surface area contributed by atoms with Crippen molar-refractivity contribution >= 4 is 11.8 Å². The van der Waals surface area contributed by atoms with Crippen LogP contribution in [0.5, 0.6) is 0 Å². The molecule has 1 aromatic rings. The molecule has 0 saturated heterocycles. The van der Waals surface area contributed by atoms with Gasteiger partial charge in [-0.05, 0) is 19.8 Å². The maximum Gasteiger partial charge on any atom is 0.254 e. The number of nitrogens with zero attached hydrogens (tertiary/aromatic N) is 1. The summed E-state index contributed by atoms with van der Waals surface area (Å²) in [6, 6.07) is 0. The van der Waals surface area contributed by atoms with Crippen LogP contribution in [0.3, 0.4) is 0 Å². The number of nitrogens with one attached hydrogen (secondary N) is 1. The van der Waals surface area contributed by atoms with Gasteiger partial charge in [0.15, 0.2) is 5.16 Å². The maximum absolute atomic E-state index is 11.6. The van der Waals surface area contributed by atoms with Gasteiger partial charge in [-0.2, -0.15) is 0 Å². The van der Waals surface area contributed by atoms with Crippen molar-refractivity contribution < 1.29 is 0 Å². The molecule has 1 N–H and O–H groups in total. The summed E-state index contributed by atoms with van der Waals surface area (Å²) in [5.74, 6) is 1.02. The van der Waals surface area contributed by atoms with Crippen LogP contribution in [-0.4, -0.2) is 15.7 Å². The molecule has 0 atom stereocenters. The summed E-state index contributed by atoms with van der Waals surface area (Å²) in [5.41, 5.74) is 1.68. The van der Waals surface area contributed by atoms with Gasteiger partial charge in [-0.1, -0.05) is 32.0 Å². The van der Waals surface area contributed by atoms with E-state index >= 15 is 0 Å². The van der Waals surface area contributed by atoms with Gasteiger partial charge in [-0.3, -0.25) is 4.79 Å². The van der Waals surface area contributed by atoms with Crippen molar-refractivity contribution in [2.24, 2.45) is 0 Å². The van der Waals surface area contributed by atoms with Crippen LogP contribution < -0.4 is 5.56 Å². The van der Waals surface area contributed by atoms with E-state index in [0.29, 0.717) is 0 Å². The summed E-state index contributed by atoms with van der Waals surface area (Å²) in [6.07, 6.45) is 3.07. The van der Waals surface area contributed by atoms with Crippen LogP contribution in [0.2, 0.25) is 0 Å². The fourth-order valence-electron chi connectivity index (χ4n) is 1.38. The third-order valence-electron chi connectivity index (χ3n) is 2.29. The second-order valence-corrected chi connectivity index (χ2v) is 4.57. The number of hydrogen-bond donors (Lipinski definition) is 1. The first-order valence-corrected chi connectivity index (χ1v) is 6.40. The second kappa shape index (κ2) is 5.95. The van der Waals surface area contributed by atoms with E-state index in [1.165, 1.54) is 6.42 Å². The highest BCUT2D eigenvalue weighted by Gasteiger charge is 2.05. The number of aromatic amines is 1. The minimum atomic E-state index is 0.0176. The molecule has 1 heterocycles. The van der Waals surface area contributed by atoms with Crippen LogP contribution in [0.15, 0.2) is 9.95 Å². The molecule has 15 heavy (non-hydrogen) atoms. The first-order valence-electron chi connectivity index (χ1n) is 5.41. The zero-order valence-corrected chi connectivity index (χ0v) is 10.4. The number of unbranched alkanes of at least 4 members (excludes halogenated alkanes) is 1. The normalized spacial score (nSPS) is 10.6. The zero-order valence-electron chi connectivity index (χ0n) is 9.59. The van der Waals surface area contributed by atoms with Crippen molar-refractivity contribution in [3.05, 3.63) is 21.6 Å². The monoisotopic (exact) mass is 226 g/mol. The van der Waals surface area contributed by atoms with Crippen molar-refractivity contribution in [3.63, 3.8) is 0 Å². The highest BCUT2D eigenvalue weighted by molar-refractivity contribution is 7.99. The van der Waals surface area contributed by atoms with Gasteiger partial charge in [0.2, 0.25) is 0 Å². The molecule has 0 saturated carbocycles. The van der Waals surface area contributed by atoms with E-state index in [1.807, 2.05) is 13.8 Å². The zero-order chi connectivity index (χ0) is 11.3. The number of rotatable bonds is 5. The number of aromatic nitrogens is 2. The first-order chi connectivity index (χ1) is 7.19. The van der Waals surface area contributed by atoms with E-state index < -0.39 is 0 Å². The molecular formula is C11H18N2OS. The SMILES string of the molecule is CCCCSc1nc(C)c(CC)c(=O)[nH]1. The summed E-state index contributed by atoms with van der Waals surface area (Å²) >= 11 is 1.63. The van der Waals surface area contributed by atoms with Crippen LogP contribution >= 0.6 is 11.8 Å². The lowest BCUT2D eigenvalue weighted by atomic mass is 10.2. The Balaban J connectivity index is 2.80. The summed E-state index contributed by atoms with van der Waals surface area (Å²) in [7, 11) is 0. The molecule has 0 bridgehead atoms. The quantitative estimate of drug-likeness (QED) is 0.477. The average molecular weight is 226 g/mol. The lowest BCUT2D eigenvalue weighted by molar-refractivity contribution is 0.849. The lowest BCUT2D eigenvalue weighted by Gasteiger charge is -2.04. The van der Waals surface area contributed by atoms with Crippen LogP contribution in [0.25, 0.3) is 0 Å². The van der Waals surface area contributed by atoms with Crippen LogP contribution in [0.1, 0.15) is 37.9 Å². The number of H-pyrrole nitrogens is 1. The third-order valence-corrected chi connectivity index (χ3v) is 3.25. The molecule has 0 spiro atoms. The summed E-state index contributed by atoms with van der Waals surface area (Å²) < 4.78 is 0. The first kappa shape index (κ1) is 12.3. The van der Waals surface area contributed by atoms with Gasteiger partial charge in [0.1, 0.15) is 0 Å². The third kappa shape index (κ3) is 3.38. The predicted octanol–water partition coefficient (Wildman–Crippen LogP) is 2.53. The Bertz CT molecular complexity index is 373. The molecule has 0 aromatic carbocycles. The largest absolute Gasteiger partial charge is 0.301 e. The van der Waals surface area contributed by atoms with Crippen molar-refractivity contribution in [1.29, 1.82) is 0 Å². The standard InChI is InChI=1S/C11H18N2OS/c1-4-6-7-15-11-12-8(3)9(5-2)10(14)13-11/h4-7H2,1-3H3,(H,12,13,14). The van der Waals surface area contributed by atoms with E-state index in [0.717, 1.165) is 35.0 Å². The fourth-order valence-corrected chi connectivity index (χ4v) is 2.38. The topological polar surface area (TPSA) is 45.8 Å². The van der Waals surface area contributed by atoms with E-state index in [4.69, 9.17) is 0 Å². The van der Waals surface area contributed by atoms with Crippen LogP contribution in [0.4, 0.5) is 0 Å². The highest BCUT2D eigenvalue weighted by atomic mass is 32.2. The Morgan fingerprint density at radius 1 is 1.40 bits per heavy atom. The molecule has 1 rings (SSSR count). The molecule has 0 amide bonds. The van der Waals surface area contributed by atoms with Gasteiger partial charge >= 0.3 is 0 Å². The Morgan fingerprint density at radius 3 is 2.67 bits per heavy atom. The van der Waals surface area contributed by atoms with Crippen molar-refractivity contribution in [1.82, 2.24) is 9.97 Å². The summed E-state index contributed by atoms with van der Waals surface area (Å²) in [4.78, 5) is 18.8. The summed E-state index contributed by atoms with van der Waals surface area (Å²) in [5, 5.41) is 0.753. The molecule has 4 heteroatoms. The van der Waals surface area contributed by atoms with Gasteiger partial charge in [0.25, 0.3) is 5.56 Å². The molecule has 0 fully saturated rings. The molecule has 0 unspecified atom stereocenters. The molecule has 3 nitrogen and oxygen atoms in total. The van der Waals surface area contributed by atoms with Crippen molar-refractivity contribution in [2.45, 2.75) is 45.2 Å². The van der Waals surface area contributed by atoms with Crippen molar-refractivity contribution in [2.75, 3.05) is 5.75 Å². The van der Waals surface area contributed by atoms with Gasteiger partial charge in [0.05, 0.1) is 0 Å². The van der Waals surface area contributed by atoms with Crippen LogP contribution in [0, 0.1) is 6.92 Å². The predicted molar refractivity (Wildman–Crippen MR) is 64.6 cm³/mol. The lowest BCUT2D eigenvalue weighted by Crippen LogP contribution is -2.16.